The van der Waals surface area contributed by atoms with E-state index in [0.29, 0.717) is 12.8 Å². The van der Waals surface area contributed by atoms with E-state index < -0.39 is 67.4 Å². The van der Waals surface area contributed by atoms with Gasteiger partial charge in [0, 0.05) is 6.42 Å². The van der Waals surface area contributed by atoms with Gasteiger partial charge in [-0.2, -0.15) is 0 Å². The Hall–Kier alpha value is -2.64. The summed E-state index contributed by atoms with van der Waals surface area (Å²) in [6.07, 6.45) is 69.7. The first-order valence-electron chi connectivity index (χ1n) is 36.6. The van der Waals surface area contributed by atoms with Crippen molar-refractivity contribution in [3.05, 3.63) is 60.8 Å². The second kappa shape index (κ2) is 62.5. The van der Waals surface area contributed by atoms with Gasteiger partial charge in [-0.1, -0.05) is 306 Å². The minimum absolute atomic E-state index is 0.124. The van der Waals surface area contributed by atoms with Crippen molar-refractivity contribution in [2.75, 3.05) is 13.2 Å². The molecule has 6 N–H and O–H groups in total. The van der Waals surface area contributed by atoms with Crippen LogP contribution in [0.4, 0.5) is 0 Å². The van der Waals surface area contributed by atoms with Gasteiger partial charge in [-0.25, -0.2) is 0 Å². The summed E-state index contributed by atoms with van der Waals surface area (Å²) in [7, 11) is 0. The van der Waals surface area contributed by atoms with Crippen LogP contribution in [0.1, 0.15) is 342 Å². The van der Waals surface area contributed by atoms with E-state index in [2.05, 4.69) is 74.7 Å². The Balaban J connectivity index is 2.54. The molecular weight excluding hydrogens is 1070 g/mol. The molecule has 502 valence electrons. The fourth-order valence-electron chi connectivity index (χ4n) is 11.4. The van der Waals surface area contributed by atoms with Gasteiger partial charge >= 0.3 is 5.97 Å². The summed E-state index contributed by atoms with van der Waals surface area (Å²) in [5.74, 6) is -1.19. The topological polar surface area (TPSA) is 175 Å². The molecule has 1 amide bonds. The molecule has 0 radical (unpaired) electrons. The molecule has 1 aliphatic rings. The van der Waals surface area contributed by atoms with Crippen LogP contribution >= 0.6 is 0 Å². The van der Waals surface area contributed by atoms with Crippen molar-refractivity contribution in [3.63, 3.8) is 0 Å². The normalized spacial score (nSPS) is 18.6. The van der Waals surface area contributed by atoms with Gasteiger partial charge in [-0.3, -0.25) is 9.59 Å². The highest BCUT2D eigenvalue weighted by Crippen LogP contribution is 2.26. The quantitative estimate of drug-likeness (QED) is 0.0195. The number of hydrogen-bond acceptors (Lipinski definition) is 10. The van der Waals surface area contributed by atoms with Crippen LogP contribution in [0.25, 0.3) is 0 Å². The second-order valence-electron chi connectivity index (χ2n) is 25.3. The van der Waals surface area contributed by atoms with Gasteiger partial charge in [0.1, 0.15) is 24.4 Å². The summed E-state index contributed by atoms with van der Waals surface area (Å²) in [4.78, 5) is 26.7. The summed E-state index contributed by atoms with van der Waals surface area (Å²) in [6, 6.07) is -1.03. The minimum Gasteiger partial charge on any atom is -0.454 e. The van der Waals surface area contributed by atoms with Gasteiger partial charge in [0.25, 0.3) is 0 Å². The van der Waals surface area contributed by atoms with Crippen molar-refractivity contribution in [3.8, 4) is 0 Å². The molecule has 8 unspecified atom stereocenters. The molecule has 1 heterocycles. The summed E-state index contributed by atoms with van der Waals surface area (Å²) < 4.78 is 17.7. The minimum atomic E-state index is -1.61. The molecule has 11 heteroatoms. The molecule has 0 aromatic rings. The molecule has 0 spiro atoms. The molecule has 1 aliphatic heterocycles. The third kappa shape index (κ3) is 49.2. The molecule has 1 saturated heterocycles. The maximum Gasteiger partial charge on any atom is 0.306 e. The number of carbonyl (C=O) groups excluding carboxylic acids is 2. The van der Waals surface area contributed by atoms with E-state index in [0.717, 1.165) is 77.0 Å². The van der Waals surface area contributed by atoms with Crippen molar-refractivity contribution >= 4 is 11.9 Å². The van der Waals surface area contributed by atoms with Crippen molar-refractivity contribution in [2.24, 2.45) is 0 Å². The number of carbonyl (C=O) groups is 2. The van der Waals surface area contributed by atoms with E-state index >= 15 is 0 Å². The van der Waals surface area contributed by atoms with E-state index in [-0.39, 0.29) is 19.4 Å². The fourth-order valence-corrected chi connectivity index (χ4v) is 11.4. The molecule has 0 bridgehead atoms. The molecule has 1 rings (SSSR count). The summed E-state index contributed by atoms with van der Waals surface area (Å²) in [6.45, 7) is 5.78. The number of amides is 1. The molecule has 86 heavy (non-hydrogen) atoms. The first-order valence-corrected chi connectivity index (χ1v) is 36.6. The highest BCUT2D eigenvalue weighted by molar-refractivity contribution is 5.80. The van der Waals surface area contributed by atoms with Gasteiger partial charge in [0.05, 0.1) is 25.4 Å². The van der Waals surface area contributed by atoms with Crippen LogP contribution < -0.4 is 5.32 Å². The zero-order valence-corrected chi connectivity index (χ0v) is 55.9. The lowest BCUT2D eigenvalue weighted by Crippen LogP contribution is -2.61. The summed E-state index contributed by atoms with van der Waals surface area (Å²) in [5, 5.41) is 57.3. The van der Waals surface area contributed by atoms with Crippen LogP contribution in [0.15, 0.2) is 60.8 Å². The van der Waals surface area contributed by atoms with E-state index in [9.17, 15) is 35.1 Å². The van der Waals surface area contributed by atoms with E-state index in [4.69, 9.17) is 14.2 Å². The number of hydrogen-bond donors (Lipinski definition) is 6. The number of ether oxygens (including phenoxy) is 3. The zero-order chi connectivity index (χ0) is 62.4. The van der Waals surface area contributed by atoms with Gasteiger partial charge in [0.15, 0.2) is 12.4 Å². The predicted octanol–water partition coefficient (Wildman–Crippen LogP) is 18.9. The Bertz CT molecular complexity index is 1630. The third-order valence-electron chi connectivity index (χ3n) is 17.1. The number of esters is 1. The van der Waals surface area contributed by atoms with E-state index in [1.807, 2.05) is 6.08 Å². The maximum atomic E-state index is 13.5. The molecule has 0 aliphatic carbocycles. The molecule has 0 aromatic heterocycles. The number of allylic oxidation sites excluding steroid dienone is 9. The van der Waals surface area contributed by atoms with Crippen molar-refractivity contribution in [1.29, 1.82) is 0 Å². The predicted molar refractivity (Wildman–Crippen MR) is 361 cm³/mol. The lowest BCUT2D eigenvalue weighted by Gasteiger charge is -2.41. The van der Waals surface area contributed by atoms with E-state index in [1.54, 1.807) is 6.08 Å². The lowest BCUT2D eigenvalue weighted by atomic mass is 9.99. The Kier molecular flexibility index (Phi) is 59.2. The highest BCUT2D eigenvalue weighted by atomic mass is 16.7. The molecule has 11 nitrogen and oxygen atoms in total. The van der Waals surface area contributed by atoms with Crippen LogP contribution in [-0.4, -0.2) is 99.6 Å². The maximum absolute atomic E-state index is 13.5. The molecule has 0 aromatic carbocycles. The molecular formula is C75H137NO10. The second-order valence-corrected chi connectivity index (χ2v) is 25.3. The smallest absolute Gasteiger partial charge is 0.306 e. The molecule has 1 fully saturated rings. The zero-order valence-electron chi connectivity index (χ0n) is 55.9. The van der Waals surface area contributed by atoms with Crippen molar-refractivity contribution in [1.82, 2.24) is 5.32 Å². The Morgan fingerprint density at radius 1 is 0.453 bits per heavy atom. The summed E-state index contributed by atoms with van der Waals surface area (Å²) in [5.41, 5.74) is 0. The lowest BCUT2D eigenvalue weighted by molar-refractivity contribution is -0.305. The largest absolute Gasteiger partial charge is 0.454 e. The number of unbranched alkanes of at least 4 members (excludes halogenated alkanes) is 41. The Labute approximate surface area is 528 Å². The number of rotatable bonds is 63. The monoisotopic (exact) mass is 1210 g/mol. The van der Waals surface area contributed by atoms with Crippen LogP contribution in [0.5, 0.6) is 0 Å². The van der Waals surface area contributed by atoms with Crippen molar-refractivity contribution in [2.45, 2.75) is 391 Å². The summed E-state index contributed by atoms with van der Waals surface area (Å²) >= 11 is 0. The fraction of sp³-hybridized carbons (Fsp3) is 0.840. The Morgan fingerprint density at radius 3 is 1.21 bits per heavy atom. The van der Waals surface area contributed by atoms with Gasteiger partial charge in [0.2, 0.25) is 5.91 Å². The highest BCUT2D eigenvalue weighted by Gasteiger charge is 2.47. The number of aliphatic hydroxyl groups is 5. The number of nitrogens with one attached hydrogen (secondary N) is 1. The van der Waals surface area contributed by atoms with Crippen LogP contribution in [0.3, 0.4) is 0 Å². The van der Waals surface area contributed by atoms with Crippen molar-refractivity contribution < 1.29 is 49.3 Å². The molecule has 0 saturated carbocycles. The standard InChI is InChI=1S/C75H137NO10/c1-4-7-10-13-16-19-22-25-27-29-31-33-34-35-36-37-39-41-43-45-48-51-54-57-60-63-70(80)86-73-72(82)71(81)69(64-77)85-75(73)84-65-66(67(78)61-58-55-52-49-46-24-21-18-15-12-9-6-3)76-74(83)68(79)62-59-56-53-50-47-44-42-40-38-32-30-28-26-23-20-17-14-11-8-5-2/h16-17,19-20,25-28,58,61,66-69,71-73,75,77-79,81-82H,4-15,18,21-24,29-57,59-60,62-65H2,1-3H3,(H,76,83)/b19-16-,20-17-,27-25-,28-26-,61-58+. The molecule has 8 atom stereocenters. The van der Waals surface area contributed by atoms with Gasteiger partial charge in [-0.05, 0) is 89.9 Å². The SMILES string of the molecule is CCCCC/C=C\C/C=C\CCCCCCCCCCCCCCCCCC(=O)OC1C(OCC(NC(=O)C(O)CCCCCCCCCCCC/C=C\C/C=C\CCCCC)C(O)/C=C/CCCCCCCCCCCC)OC(CO)C(O)C1O. The average molecular weight is 1210 g/mol. The number of aliphatic hydroxyl groups excluding tert-OH is 5. The van der Waals surface area contributed by atoms with Crippen LogP contribution in [-0.2, 0) is 23.8 Å². The van der Waals surface area contributed by atoms with Gasteiger partial charge in [-0.15, -0.1) is 0 Å². The van der Waals surface area contributed by atoms with Crippen LogP contribution in [0, 0.1) is 0 Å². The van der Waals surface area contributed by atoms with E-state index in [1.165, 1.54) is 218 Å². The van der Waals surface area contributed by atoms with Crippen LogP contribution in [0.2, 0.25) is 0 Å². The Morgan fingerprint density at radius 2 is 0.802 bits per heavy atom. The van der Waals surface area contributed by atoms with Gasteiger partial charge < -0.3 is 45.1 Å². The first-order chi connectivity index (χ1) is 42.2. The third-order valence-corrected chi connectivity index (χ3v) is 17.1. The average Bonchev–Trinajstić information content (AvgIpc) is 3.39. The first kappa shape index (κ1) is 81.4.